The molecule has 0 saturated heterocycles. The number of aliphatic hydroxyl groups is 1. The summed E-state index contributed by atoms with van der Waals surface area (Å²) in [5, 5.41) is 11.6. The van der Waals surface area contributed by atoms with Gasteiger partial charge in [0.15, 0.2) is 0 Å². The van der Waals surface area contributed by atoms with E-state index in [0.717, 1.165) is 22.2 Å². The van der Waals surface area contributed by atoms with Crippen LogP contribution in [-0.2, 0) is 5.60 Å². The third-order valence-corrected chi connectivity index (χ3v) is 3.79. The van der Waals surface area contributed by atoms with Gasteiger partial charge in [-0.15, -0.1) is 11.3 Å². The van der Waals surface area contributed by atoms with Crippen LogP contribution in [0, 0.1) is 0 Å². The highest BCUT2D eigenvalue weighted by molar-refractivity contribution is 9.10. The maximum atomic E-state index is 9.65. The highest BCUT2D eigenvalue weighted by Gasteiger charge is 2.44. The summed E-state index contributed by atoms with van der Waals surface area (Å²) in [6.45, 7) is 0. The first-order valence-corrected chi connectivity index (χ1v) is 4.85. The Balaban J connectivity index is 2.42. The Kier molecular flexibility index (Phi) is 1.41. The Bertz CT molecular complexity index is 252. The van der Waals surface area contributed by atoms with E-state index in [1.807, 2.05) is 11.4 Å². The van der Waals surface area contributed by atoms with Crippen LogP contribution in [0.2, 0.25) is 0 Å². The van der Waals surface area contributed by atoms with E-state index in [2.05, 4.69) is 15.9 Å². The molecule has 0 unspecified atom stereocenters. The lowest BCUT2D eigenvalue weighted by atomic mass is 10.3. The maximum Gasteiger partial charge on any atom is 0.100 e. The van der Waals surface area contributed by atoms with Gasteiger partial charge in [0.05, 0.1) is 4.88 Å². The smallest absolute Gasteiger partial charge is 0.100 e. The van der Waals surface area contributed by atoms with E-state index in [9.17, 15) is 5.11 Å². The van der Waals surface area contributed by atoms with Crippen LogP contribution in [0.3, 0.4) is 0 Å². The number of halogens is 1. The van der Waals surface area contributed by atoms with E-state index in [0.29, 0.717) is 0 Å². The summed E-state index contributed by atoms with van der Waals surface area (Å²) in [6.07, 6.45) is 1.85. The largest absolute Gasteiger partial charge is 0.384 e. The molecule has 1 nitrogen and oxygen atoms in total. The molecule has 0 amide bonds. The summed E-state index contributed by atoms with van der Waals surface area (Å²) in [6, 6.07) is 1.98. The highest BCUT2D eigenvalue weighted by Crippen LogP contribution is 2.49. The lowest BCUT2D eigenvalue weighted by molar-refractivity contribution is 0.155. The van der Waals surface area contributed by atoms with Crippen LogP contribution >= 0.6 is 27.3 Å². The topological polar surface area (TPSA) is 20.2 Å². The Hall–Kier alpha value is 0.140. The Morgan fingerprint density at radius 2 is 2.30 bits per heavy atom. The van der Waals surface area contributed by atoms with E-state index < -0.39 is 5.60 Å². The molecule has 1 aromatic heterocycles. The minimum Gasteiger partial charge on any atom is -0.384 e. The standard InChI is InChI=1S/C7H7BrOS/c8-5-1-4-10-6(5)7(9)2-3-7/h1,4,9H,2-3H2. The molecule has 0 bridgehead atoms. The fourth-order valence-corrected chi connectivity index (χ4v) is 2.87. The van der Waals surface area contributed by atoms with Crippen molar-refractivity contribution in [3.05, 3.63) is 20.8 Å². The fraction of sp³-hybridized carbons (Fsp3) is 0.429. The second kappa shape index (κ2) is 2.06. The summed E-state index contributed by atoms with van der Waals surface area (Å²) in [7, 11) is 0. The van der Waals surface area contributed by atoms with Crippen LogP contribution in [0.5, 0.6) is 0 Å². The number of rotatable bonds is 1. The summed E-state index contributed by atoms with van der Waals surface area (Å²) in [5.41, 5.74) is -0.465. The molecular formula is C7H7BrOS. The first kappa shape index (κ1) is 6.83. The second-order valence-electron chi connectivity index (χ2n) is 2.63. The van der Waals surface area contributed by atoms with E-state index in [4.69, 9.17) is 0 Å². The molecule has 1 N–H and O–H groups in total. The lowest BCUT2D eigenvalue weighted by Gasteiger charge is -2.03. The molecule has 0 spiro atoms. The molecule has 0 atom stereocenters. The molecule has 1 fully saturated rings. The predicted octanol–water partition coefficient (Wildman–Crippen LogP) is 2.49. The van der Waals surface area contributed by atoms with Gasteiger partial charge in [0.1, 0.15) is 5.60 Å². The van der Waals surface area contributed by atoms with E-state index >= 15 is 0 Å². The molecule has 3 heteroatoms. The number of thiophene rings is 1. The summed E-state index contributed by atoms with van der Waals surface area (Å²) >= 11 is 5.01. The molecule has 1 aromatic rings. The van der Waals surface area contributed by atoms with Crippen LogP contribution in [0.1, 0.15) is 17.7 Å². The first-order chi connectivity index (χ1) is 4.72. The van der Waals surface area contributed by atoms with Crippen molar-refractivity contribution in [1.82, 2.24) is 0 Å². The molecule has 54 valence electrons. The summed E-state index contributed by atoms with van der Waals surface area (Å²) in [4.78, 5) is 1.09. The van der Waals surface area contributed by atoms with Crippen molar-refractivity contribution in [2.75, 3.05) is 0 Å². The van der Waals surface area contributed by atoms with Gasteiger partial charge in [-0.25, -0.2) is 0 Å². The minimum absolute atomic E-state index is 0.465. The van der Waals surface area contributed by atoms with Crippen LogP contribution in [0.15, 0.2) is 15.9 Å². The van der Waals surface area contributed by atoms with Crippen molar-refractivity contribution in [3.63, 3.8) is 0 Å². The predicted molar refractivity (Wildman–Crippen MR) is 45.1 cm³/mol. The lowest BCUT2D eigenvalue weighted by Crippen LogP contribution is -2.00. The zero-order valence-electron chi connectivity index (χ0n) is 5.30. The Morgan fingerprint density at radius 1 is 1.60 bits per heavy atom. The molecule has 1 heterocycles. The number of hydrogen-bond donors (Lipinski definition) is 1. The van der Waals surface area contributed by atoms with Gasteiger partial charge >= 0.3 is 0 Å². The Labute approximate surface area is 71.8 Å². The van der Waals surface area contributed by atoms with Gasteiger partial charge in [0.25, 0.3) is 0 Å². The quantitative estimate of drug-likeness (QED) is 0.769. The first-order valence-electron chi connectivity index (χ1n) is 3.18. The third kappa shape index (κ3) is 0.929. The van der Waals surface area contributed by atoms with Crippen molar-refractivity contribution in [3.8, 4) is 0 Å². The molecular weight excluding hydrogens is 212 g/mol. The molecule has 0 aliphatic heterocycles. The molecule has 0 radical (unpaired) electrons. The third-order valence-electron chi connectivity index (χ3n) is 1.76. The second-order valence-corrected chi connectivity index (χ2v) is 4.40. The van der Waals surface area contributed by atoms with Crippen molar-refractivity contribution in [2.24, 2.45) is 0 Å². The van der Waals surface area contributed by atoms with Crippen LogP contribution in [0.25, 0.3) is 0 Å². The number of hydrogen-bond acceptors (Lipinski definition) is 2. The van der Waals surface area contributed by atoms with Gasteiger partial charge in [-0.2, -0.15) is 0 Å². The normalized spacial score (nSPS) is 21.0. The summed E-state index contributed by atoms with van der Waals surface area (Å²) in [5.74, 6) is 0. The molecule has 1 saturated carbocycles. The Morgan fingerprint density at radius 3 is 2.70 bits per heavy atom. The average Bonchev–Trinajstić information content (AvgIpc) is 2.44. The molecule has 1 aliphatic carbocycles. The average molecular weight is 219 g/mol. The zero-order valence-corrected chi connectivity index (χ0v) is 7.70. The van der Waals surface area contributed by atoms with Crippen LogP contribution in [0.4, 0.5) is 0 Å². The fourth-order valence-electron chi connectivity index (χ4n) is 0.971. The molecule has 2 rings (SSSR count). The maximum absolute atomic E-state index is 9.65. The van der Waals surface area contributed by atoms with Crippen molar-refractivity contribution in [1.29, 1.82) is 0 Å². The SMILES string of the molecule is OC1(c2sccc2Br)CC1. The van der Waals surface area contributed by atoms with Crippen molar-refractivity contribution in [2.45, 2.75) is 18.4 Å². The summed E-state index contributed by atoms with van der Waals surface area (Å²) < 4.78 is 1.05. The van der Waals surface area contributed by atoms with E-state index in [-0.39, 0.29) is 0 Å². The van der Waals surface area contributed by atoms with Crippen molar-refractivity contribution >= 4 is 27.3 Å². The molecule has 1 aliphatic rings. The molecule has 0 aromatic carbocycles. The molecule has 10 heavy (non-hydrogen) atoms. The minimum atomic E-state index is -0.465. The van der Waals surface area contributed by atoms with Crippen LogP contribution < -0.4 is 0 Å². The van der Waals surface area contributed by atoms with Crippen molar-refractivity contribution < 1.29 is 5.11 Å². The van der Waals surface area contributed by atoms with Gasteiger partial charge in [-0.1, -0.05) is 0 Å². The van der Waals surface area contributed by atoms with Gasteiger partial charge in [-0.05, 0) is 40.2 Å². The zero-order chi connectivity index (χ0) is 7.19. The van der Waals surface area contributed by atoms with Gasteiger partial charge in [0, 0.05) is 4.47 Å². The van der Waals surface area contributed by atoms with E-state index in [1.165, 1.54) is 0 Å². The van der Waals surface area contributed by atoms with Gasteiger partial charge in [0.2, 0.25) is 0 Å². The van der Waals surface area contributed by atoms with Gasteiger partial charge < -0.3 is 5.11 Å². The van der Waals surface area contributed by atoms with Gasteiger partial charge in [-0.3, -0.25) is 0 Å². The highest BCUT2D eigenvalue weighted by atomic mass is 79.9. The monoisotopic (exact) mass is 218 g/mol. The van der Waals surface area contributed by atoms with Crippen LogP contribution in [-0.4, -0.2) is 5.11 Å². The van der Waals surface area contributed by atoms with E-state index in [1.54, 1.807) is 11.3 Å².